The van der Waals surface area contributed by atoms with Crippen LogP contribution in [0.15, 0.2) is 0 Å². The van der Waals surface area contributed by atoms with Gasteiger partial charge in [-0.05, 0) is 32.1 Å². The van der Waals surface area contributed by atoms with Crippen LogP contribution in [0.4, 0.5) is 0 Å². The van der Waals surface area contributed by atoms with E-state index in [-0.39, 0.29) is 29.7 Å². The molecule has 2 nitrogen and oxygen atoms in total. The number of rotatable bonds is 8. The van der Waals surface area contributed by atoms with Gasteiger partial charge < -0.3 is 9.47 Å². The van der Waals surface area contributed by atoms with Crippen molar-refractivity contribution in [1.82, 2.24) is 0 Å². The van der Waals surface area contributed by atoms with Gasteiger partial charge in [-0.15, -0.1) is 0 Å². The molecule has 0 bridgehead atoms. The predicted octanol–water partition coefficient (Wildman–Crippen LogP) is 6.82. The van der Waals surface area contributed by atoms with E-state index in [2.05, 4.69) is 41.5 Å². The van der Waals surface area contributed by atoms with E-state index in [1.807, 2.05) is 0 Å². The highest BCUT2D eigenvalue weighted by atomic mass is 16.5. The quantitative estimate of drug-likeness (QED) is 0.457. The van der Waals surface area contributed by atoms with E-state index in [1.165, 1.54) is 0 Å². The maximum Gasteiger partial charge on any atom is 0.0544 e. The Morgan fingerprint density at radius 2 is 1.15 bits per heavy atom. The average Bonchev–Trinajstić information content (AvgIpc) is 2.27. The van der Waals surface area contributed by atoms with Crippen molar-refractivity contribution in [2.75, 3.05) is 19.8 Å². The first-order valence-corrected chi connectivity index (χ1v) is 6.77. The zero-order valence-corrected chi connectivity index (χ0v) is 12.2. The third-order valence-electron chi connectivity index (χ3n) is 1.99. The summed E-state index contributed by atoms with van der Waals surface area (Å²) in [6.45, 7) is 15.6. The van der Waals surface area contributed by atoms with E-state index in [1.54, 1.807) is 0 Å². The van der Waals surface area contributed by atoms with Gasteiger partial charge in [-0.25, -0.2) is 0 Å². The van der Waals surface area contributed by atoms with Crippen LogP contribution in [-0.4, -0.2) is 25.9 Å². The fourth-order valence-electron chi connectivity index (χ4n) is 0.865. The molecule has 1 atom stereocenters. The van der Waals surface area contributed by atoms with Gasteiger partial charge in [0.05, 0.1) is 6.10 Å². The largest absolute Gasteiger partial charge is 0.381 e. The van der Waals surface area contributed by atoms with Crippen LogP contribution in [0, 0.1) is 5.92 Å². The highest BCUT2D eigenvalue weighted by Gasteiger charge is 1.98. The summed E-state index contributed by atoms with van der Waals surface area (Å²) in [5, 5.41) is 0. The Morgan fingerprint density at radius 1 is 0.750 bits per heavy atom. The highest BCUT2D eigenvalue weighted by molar-refractivity contribution is 4.46. The van der Waals surface area contributed by atoms with Crippen LogP contribution < -0.4 is 0 Å². The van der Waals surface area contributed by atoms with E-state index >= 15 is 0 Å². The molecule has 1 unspecified atom stereocenters. The topological polar surface area (TPSA) is 18.5 Å². The van der Waals surface area contributed by atoms with Gasteiger partial charge in [0.25, 0.3) is 0 Å². The van der Waals surface area contributed by atoms with Crippen LogP contribution >= 0.6 is 0 Å². The standard InChI is InChI=1S/C8H18O.C6H14O.4CH4/c1-5-8(4)9-6-7(2)3;1-3-5-7-6-4-2;;;;/h7-8H,5-6H2,1-4H3;3-6H2,1-2H3;4*1H4. The molecule has 0 fully saturated rings. The molecule has 0 aliphatic rings. The summed E-state index contributed by atoms with van der Waals surface area (Å²) in [4.78, 5) is 0. The molecule has 0 spiro atoms. The number of hydrogen-bond donors (Lipinski definition) is 0. The van der Waals surface area contributed by atoms with Gasteiger partial charge in [-0.1, -0.05) is 64.3 Å². The maximum absolute atomic E-state index is 5.45. The predicted molar refractivity (Wildman–Crippen MR) is 98.9 cm³/mol. The molecule has 2 heteroatoms. The monoisotopic (exact) mass is 296 g/mol. The lowest BCUT2D eigenvalue weighted by molar-refractivity contribution is 0.0455. The first kappa shape index (κ1) is 36.8. The molecule has 0 amide bonds. The van der Waals surface area contributed by atoms with E-state index in [9.17, 15) is 0 Å². The highest BCUT2D eigenvalue weighted by Crippen LogP contribution is 1.99. The maximum atomic E-state index is 5.45. The summed E-state index contributed by atoms with van der Waals surface area (Å²) < 4.78 is 10.6. The van der Waals surface area contributed by atoms with Gasteiger partial charge in [0.15, 0.2) is 0 Å². The first-order chi connectivity index (χ1) is 7.58. The van der Waals surface area contributed by atoms with Crippen LogP contribution in [0.5, 0.6) is 0 Å². The van der Waals surface area contributed by atoms with Crippen LogP contribution in [0.3, 0.4) is 0 Å². The third-order valence-corrected chi connectivity index (χ3v) is 1.99. The minimum atomic E-state index is 0. The second kappa shape index (κ2) is 31.4. The van der Waals surface area contributed by atoms with Crippen molar-refractivity contribution in [3.63, 3.8) is 0 Å². The Bertz CT molecular complexity index is 110. The molecule has 0 aliphatic heterocycles. The fraction of sp³-hybridized carbons (Fsp3) is 1.00. The minimum absolute atomic E-state index is 0. The van der Waals surface area contributed by atoms with E-state index in [4.69, 9.17) is 9.47 Å². The molecule has 0 radical (unpaired) electrons. The van der Waals surface area contributed by atoms with Gasteiger partial charge in [-0.2, -0.15) is 0 Å². The summed E-state index contributed by atoms with van der Waals surface area (Å²) in [5.41, 5.74) is 0. The second-order valence-electron chi connectivity index (χ2n) is 4.56. The molecule has 0 aromatic rings. The van der Waals surface area contributed by atoms with Crippen molar-refractivity contribution >= 4 is 0 Å². The van der Waals surface area contributed by atoms with Crippen molar-refractivity contribution in [3.8, 4) is 0 Å². The molecule has 132 valence electrons. The van der Waals surface area contributed by atoms with Crippen molar-refractivity contribution in [2.45, 2.75) is 96.6 Å². The Kier molecular flexibility index (Phi) is 57.7. The molecule has 0 aliphatic carbocycles. The van der Waals surface area contributed by atoms with Gasteiger partial charge in [0.2, 0.25) is 0 Å². The van der Waals surface area contributed by atoms with Crippen LogP contribution in [-0.2, 0) is 9.47 Å². The molecule has 20 heavy (non-hydrogen) atoms. The molecule has 0 saturated heterocycles. The number of ether oxygens (including phenoxy) is 2. The third kappa shape index (κ3) is 43.0. The van der Waals surface area contributed by atoms with Gasteiger partial charge >= 0.3 is 0 Å². The van der Waals surface area contributed by atoms with Crippen LogP contribution in [0.25, 0.3) is 0 Å². The summed E-state index contributed by atoms with van der Waals surface area (Å²) in [6, 6.07) is 0. The first-order valence-electron chi connectivity index (χ1n) is 6.77. The zero-order chi connectivity index (χ0) is 12.8. The Hall–Kier alpha value is -0.0800. The SMILES string of the molecule is C.C.C.C.CCC(C)OCC(C)C.CCCOCCC. The lowest BCUT2D eigenvalue weighted by Gasteiger charge is -2.11. The summed E-state index contributed by atoms with van der Waals surface area (Å²) in [5.74, 6) is 0.666. The van der Waals surface area contributed by atoms with E-state index < -0.39 is 0 Å². The molecule has 0 heterocycles. The summed E-state index contributed by atoms with van der Waals surface area (Å²) in [6.07, 6.45) is 3.83. The normalized spacial score (nSPS) is 9.75. The van der Waals surface area contributed by atoms with Crippen LogP contribution in [0.2, 0.25) is 0 Å². The molecule has 0 rings (SSSR count). The van der Waals surface area contributed by atoms with E-state index in [0.29, 0.717) is 12.0 Å². The zero-order valence-electron chi connectivity index (χ0n) is 12.2. The van der Waals surface area contributed by atoms with Crippen molar-refractivity contribution in [1.29, 1.82) is 0 Å². The number of hydrogen-bond acceptors (Lipinski definition) is 2. The average molecular weight is 297 g/mol. The van der Waals surface area contributed by atoms with Crippen LogP contribution in [0.1, 0.15) is 90.5 Å². The van der Waals surface area contributed by atoms with Crippen molar-refractivity contribution in [3.05, 3.63) is 0 Å². The minimum Gasteiger partial charge on any atom is -0.381 e. The molecular formula is C18H48O2. The molecule has 0 aromatic heterocycles. The lowest BCUT2D eigenvalue weighted by Crippen LogP contribution is -2.10. The van der Waals surface area contributed by atoms with Gasteiger partial charge in [0.1, 0.15) is 0 Å². The lowest BCUT2D eigenvalue weighted by atomic mass is 10.2. The second-order valence-corrected chi connectivity index (χ2v) is 4.56. The summed E-state index contributed by atoms with van der Waals surface area (Å²) >= 11 is 0. The molecular weight excluding hydrogens is 248 g/mol. The molecule has 0 aromatic carbocycles. The smallest absolute Gasteiger partial charge is 0.0544 e. The van der Waals surface area contributed by atoms with Gasteiger partial charge in [-0.3, -0.25) is 0 Å². The summed E-state index contributed by atoms with van der Waals surface area (Å²) in [7, 11) is 0. The molecule has 0 N–H and O–H groups in total. The van der Waals surface area contributed by atoms with Crippen molar-refractivity contribution in [2.24, 2.45) is 5.92 Å². The van der Waals surface area contributed by atoms with E-state index in [0.717, 1.165) is 39.1 Å². The Balaban J connectivity index is -0.0000000416. The van der Waals surface area contributed by atoms with Gasteiger partial charge in [0, 0.05) is 19.8 Å². The van der Waals surface area contributed by atoms with Crippen molar-refractivity contribution < 1.29 is 9.47 Å². The fourth-order valence-corrected chi connectivity index (χ4v) is 0.865. The Morgan fingerprint density at radius 3 is 1.40 bits per heavy atom. The Labute approximate surface area is 132 Å². The molecule has 0 saturated carbocycles.